The van der Waals surface area contributed by atoms with Crippen molar-refractivity contribution in [3.8, 4) is 0 Å². The molecule has 1 aliphatic rings. The summed E-state index contributed by atoms with van der Waals surface area (Å²) in [6, 6.07) is 5.88. The van der Waals surface area contributed by atoms with Crippen LogP contribution in [-0.2, 0) is 11.2 Å². The lowest BCUT2D eigenvalue weighted by atomic mass is 10.0. The van der Waals surface area contributed by atoms with Crippen LogP contribution in [0.2, 0.25) is 0 Å². The molecule has 0 bridgehead atoms. The van der Waals surface area contributed by atoms with Crippen molar-refractivity contribution in [2.45, 2.75) is 32.9 Å². The van der Waals surface area contributed by atoms with Crippen LogP contribution < -0.4 is 5.32 Å². The molecular weight excluding hydrogens is 381 g/mol. The molecule has 2 aromatic rings. The van der Waals surface area contributed by atoms with Gasteiger partial charge < -0.3 is 10.2 Å². The first-order valence-electron chi connectivity index (χ1n) is 8.47. The molecular formula is C18H22ClF3N4O. The van der Waals surface area contributed by atoms with E-state index in [4.69, 9.17) is 0 Å². The second-order valence-corrected chi connectivity index (χ2v) is 6.41. The molecule has 3 rings (SSSR count). The fourth-order valence-electron chi connectivity index (χ4n) is 3.41. The van der Waals surface area contributed by atoms with Gasteiger partial charge in [0.1, 0.15) is 5.82 Å². The van der Waals surface area contributed by atoms with Crippen molar-refractivity contribution in [3.63, 3.8) is 0 Å². The minimum Gasteiger partial charge on any atom is -0.333 e. The molecule has 1 aromatic carbocycles. The summed E-state index contributed by atoms with van der Waals surface area (Å²) in [4.78, 5) is 14.6. The fraction of sp³-hybridized carbons (Fsp3) is 0.444. The number of hydrogen-bond acceptors (Lipinski definition) is 3. The Balaban J connectivity index is 0.00000261. The minimum atomic E-state index is -2.74. The van der Waals surface area contributed by atoms with Gasteiger partial charge in [0.05, 0.1) is 18.2 Å². The molecule has 0 saturated carbocycles. The van der Waals surface area contributed by atoms with Gasteiger partial charge in [-0.3, -0.25) is 4.79 Å². The van der Waals surface area contributed by atoms with Crippen LogP contribution in [0.25, 0.3) is 0 Å². The van der Waals surface area contributed by atoms with Crippen molar-refractivity contribution in [1.29, 1.82) is 0 Å². The minimum absolute atomic E-state index is 0. The van der Waals surface area contributed by atoms with Crippen LogP contribution in [0, 0.1) is 19.7 Å². The van der Waals surface area contributed by atoms with Crippen molar-refractivity contribution in [1.82, 2.24) is 20.0 Å². The number of amides is 1. The molecule has 1 amide bonds. The molecule has 2 heterocycles. The van der Waals surface area contributed by atoms with Crippen LogP contribution in [0.15, 0.2) is 24.3 Å². The van der Waals surface area contributed by atoms with Crippen LogP contribution >= 0.6 is 12.4 Å². The lowest BCUT2D eigenvalue weighted by Gasteiger charge is -2.36. The summed E-state index contributed by atoms with van der Waals surface area (Å²) >= 11 is 0. The number of carbonyl (C=O) groups excluding carboxylic acids is 1. The lowest BCUT2D eigenvalue weighted by Crippen LogP contribution is -2.49. The van der Waals surface area contributed by atoms with Crippen LogP contribution in [0.1, 0.15) is 35.1 Å². The Morgan fingerprint density at radius 2 is 2.11 bits per heavy atom. The van der Waals surface area contributed by atoms with Gasteiger partial charge in [-0.25, -0.2) is 9.07 Å². The van der Waals surface area contributed by atoms with E-state index in [2.05, 4.69) is 10.4 Å². The Kier molecular flexibility index (Phi) is 6.89. The SMILES string of the molecule is Cc1nn(C(F)F)c(C)c1CC(=O)N1CCNCC1c1cccc(F)c1.Cl. The van der Waals surface area contributed by atoms with Crippen molar-refractivity contribution in [2.75, 3.05) is 19.6 Å². The lowest BCUT2D eigenvalue weighted by molar-refractivity contribution is -0.133. The molecule has 1 aromatic heterocycles. The first-order valence-corrected chi connectivity index (χ1v) is 8.47. The molecule has 1 saturated heterocycles. The highest BCUT2D eigenvalue weighted by atomic mass is 35.5. The van der Waals surface area contributed by atoms with E-state index < -0.39 is 6.55 Å². The molecule has 1 unspecified atom stereocenters. The van der Waals surface area contributed by atoms with Crippen molar-refractivity contribution in [2.24, 2.45) is 0 Å². The molecule has 0 radical (unpaired) electrons. The first-order chi connectivity index (χ1) is 12.4. The highest BCUT2D eigenvalue weighted by molar-refractivity contribution is 5.85. The van der Waals surface area contributed by atoms with E-state index in [0.717, 1.165) is 0 Å². The standard InChI is InChI=1S/C18H21F3N4O.ClH/c1-11-15(12(2)25(23-11)18(20)21)9-17(26)24-7-6-22-10-16(24)13-4-3-5-14(19)8-13;/h3-5,8,16,18,22H,6-7,9-10H2,1-2H3;1H. The van der Waals surface area contributed by atoms with Gasteiger partial charge in [-0.05, 0) is 31.5 Å². The number of alkyl halides is 2. The van der Waals surface area contributed by atoms with Gasteiger partial charge >= 0.3 is 6.55 Å². The molecule has 1 aliphatic heterocycles. The maximum atomic E-state index is 13.6. The normalized spacial score (nSPS) is 17.1. The number of nitrogens with one attached hydrogen (secondary N) is 1. The van der Waals surface area contributed by atoms with Crippen molar-refractivity contribution in [3.05, 3.63) is 52.6 Å². The Labute approximate surface area is 161 Å². The van der Waals surface area contributed by atoms with Crippen molar-refractivity contribution < 1.29 is 18.0 Å². The third-order valence-electron chi connectivity index (χ3n) is 4.78. The van der Waals surface area contributed by atoms with E-state index in [-0.39, 0.29) is 36.6 Å². The van der Waals surface area contributed by atoms with Gasteiger partial charge in [-0.1, -0.05) is 12.1 Å². The average molecular weight is 403 g/mol. The second-order valence-electron chi connectivity index (χ2n) is 6.41. The number of aromatic nitrogens is 2. The Hall–Kier alpha value is -2.06. The van der Waals surface area contributed by atoms with E-state index in [1.807, 2.05) is 0 Å². The van der Waals surface area contributed by atoms with Gasteiger partial charge in [0.15, 0.2) is 0 Å². The Morgan fingerprint density at radius 1 is 1.37 bits per heavy atom. The van der Waals surface area contributed by atoms with Crippen molar-refractivity contribution >= 4 is 18.3 Å². The zero-order chi connectivity index (χ0) is 18.8. The van der Waals surface area contributed by atoms with Gasteiger partial charge in [0.25, 0.3) is 0 Å². The molecule has 5 nitrogen and oxygen atoms in total. The predicted octanol–water partition coefficient (Wildman–Crippen LogP) is 3.17. The summed E-state index contributed by atoms with van der Waals surface area (Å²) in [5, 5.41) is 7.04. The number of halogens is 4. The summed E-state index contributed by atoms with van der Waals surface area (Å²) in [5.74, 6) is -0.536. The fourth-order valence-corrected chi connectivity index (χ4v) is 3.41. The van der Waals surface area contributed by atoms with Gasteiger partial charge in [-0.2, -0.15) is 13.9 Å². The number of hydrogen-bond donors (Lipinski definition) is 1. The molecule has 1 atom stereocenters. The maximum Gasteiger partial charge on any atom is 0.333 e. The van der Waals surface area contributed by atoms with Crippen LogP contribution in [0.5, 0.6) is 0 Å². The Morgan fingerprint density at radius 3 is 2.74 bits per heavy atom. The third kappa shape index (κ3) is 4.44. The first kappa shape index (κ1) is 21.2. The van der Waals surface area contributed by atoms with E-state index in [9.17, 15) is 18.0 Å². The molecule has 9 heteroatoms. The monoisotopic (exact) mass is 402 g/mol. The zero-order valence-electron chi connectivity index (χ0n) is 15.1. The molecule has 0 aliphatic carbocycles. The smallest absolute Gasteiger partial charge is 0.333 e. The summed E-state index contributed by atoms with van der Waals surface area (Å²) in [6.07, 6.45) is -0.00377. The van der Waals surface area contributed by atoms with E-state index in [1.165, 1.54) is 19.1 Å². The topological polar surface area (TPSA) is 50.2 Å². The summed E-state index contributed by atoms with van der Waals surface area (Å²) in [7, 11) is 0. The highest BCUT2D eigenvalue weighted by Gasteiger charge is 2.29. The molecule has 0 spiro atoms. The van der Waals surface area contributed by atoms with Gasteiger partial charge in [0.2, 0.25) is 5.91 Å². The van der Waals surface area contributed by atoms with Crippen LogP contribution in [0.3, 0.4) is 0 Å². The molecule has 1 N–H and O–H groups in total. The number of rotatable bonds is 4. The molecule has 148 valence electrons. The Bertz CT molecular complexity index is 812. The largest absolute Gasteiger partial charge is 0.333 e. The quantitative estimate of drug-likeness (QED) is 0.854. The zero-order valence-corrected chi connectivity index (χ0v) is 15.9. The van der Waals surface area contributed by atoms with Gasteiger partial charge in [-0.15, -0.1) is 12.4 Å². The van der Waals surface area contributed by atoms with E-state index in [1.54, 1.807) is 24.0 Å². The summed E-state index contributed by atoms with van der Waals surface area (Å²) in [6.45, 7) is 2.04. The van der Waals surface area contributed by atoms with Crippen LogP contribution in [-0.4, -0.2) is 40.2 Å². The average Bonchev–Trinajstić information content (AvgIpc) is 2.90. The predicted molar refractivity (Wildman–Crippen MR) is 97.6 cm³/mol. The summed E-state index contributed by atoms with van der Waals surface area (Å²) in [5.41, 5.74) is 1.95. The number of carbonyl (C=O) groups is 1. The highest BCUT2D eigenvalue weighted by Crippen LogP contribution is 2.25. The van der Waals surface area contributed by atoms with E-state index in [0.29, 0.717) is 46.8 Å². The van der Waals surface area contributed by atoms with Crippen LogP contribution in [0.4, 0.5) is 13.2 Å². The third-order valence-corrected chi connectivity index (χ3v) is 4.78. The molecule has 1 fully saturated rings. The number of piperazine rings is 1. The maximum absolute atomic E-state index is 13.6. The number of nitrogens with zero attached hydrogens (tertiary/aromatic N) is 3. The number of benzene rings is 1. The number of aryl methyl sites for hydroxylation is 1. The molecule has 27 heavy (non-hydrogen) atoms. The summed E-state index contributed by atoms with van der Waals surface area (Å²) < 4.78 is 40.2. The second kappa shape index (κ2) is 8.75. The van der Waals surface area contributed by atoms with Gasteiger partial charge in [0, 0.05) is 30.9 Å². The van der Waals surface area contributed by atoms with E-state index >= 15 is 0 Å².